The first-order valence-corrected chi connectivity index (χ1v) is 8.22. The minimum atomic E-state index is -0.491. The highest BCUT2D eigenvalue weighted by Crippen LogP contribution is 2.67. The average Bonchev–Trinajstić information content (AvgIpc) is 3.01. The molecule has 1 saturated carbocycles. The van der Waals surface area contributed by atoms with Crippen molar-refractivity contribution in [3.05, 3.63) is 35.9 Å². The molecular weight excluding hydrogens is 264 g/mol. The molecule has 2 saturated heterocycles. The first-order valence-electron chi connectivity index (χ1n) is 8.22. The third-order valence-electron chi connectivity index (χ3n) is 5.96. The van der Waals surface area contributed by atoms with Gasteiger partial charge in [0.2, 0.25) is 0 Å². The fourth-order valence-corrected chi connectivity index (χ4v) is 5.16. The Balaban J connectivity index is 1.83. The van der Waals surface area contributed by atoms with Gasteiger partial charge in [-0.25, -0.2) is 0 Å². The highest BCUT2D eigenvalue weighted by atomic mass is 16.6. The van der Waals surface area contributed by atoms with Gasteiger partial charge in [-0.2, -0.15) is 0 Å². The maximum Gasteiger partial charge on any atom is 0.113 e. The van der Waals surface area contributed by atoms with Crippen molar-refractivity contribution in [1.29, 1.82) is 0 Å². The van der Waals surface area contributed by atoms with Crippen LogP contribution in [0.5, 0.6) is 0 Å². The zero-order chi connectivity index (χ0) is 14.5. The summed E-state index contributed by atoms with van der Waals surface area (Å²) >= 11 is 0. The van der Waals surface area contributed by atoms with Crippen molar-refractivity contribution < 1.29 is 14.6 Å². The Morgan fingerprint density at radius 2 is 1.90 bits per heavy atom. The van der Waals surface area contributed by atoms with Crippen LogP contribution in [0.25, 0.3) is 0 Å². The number of rotatable bonds is 2. The second-order valence-electron chi connectivity index (χ2n) is 6.94. The number of hydrogen-bond donors (Lipinski definition) is 1. The minimum absolute atomic E-state index is 0.0499. The molecular formula is C18H24O3. The van der Waals surface area contributed by atoms with Crippen LogP contribution in [0.2, 0.25) is 0 Å². The molecule has 3 nitrogen and oxygen atoms in total. The molecule has 2 aliphatic heterocycles. The zero-order valence-corrected chi connectivity index (χ0v) is 12.6. The summed E-state index contributed by atoms with van der Waals surface area (Å²) < 4.78 is 12.7. The molecule has 1 aliphatic carbocycles. The smallest absolute Gasteiger partial charge is 0.113 e. The molecule has 0 radical (unpaired) electrons. The lowest BCUT2D eigenvalue weighted by Crippen LogP contribution is -2.54. The maximum atomic E-state index is 10.3. The Morgan fingerprint density at radius 3 is 2.67 bits per heavy atom. The maximum absolute atomic E-state index is 10.3. The molecule has 3 fully saturated rings. The lowest BCUT2D eigenvalue weighted by Gasteiger charge is -2.46. The predicted molar refractivity (Wildman–Crippen MR) is 79.9 cm³/mol. The Kier molecular flexibility index (Phi) is 3.14. The molecule has 4 rings (SSSR count). The molecule has 0 aromatic heterocycles. The summed E-state index contributed by atoms with van der Waals surface area (Å²) in [6, 6.07) is 10.5. The topological polar surface area (TPSA) is 38.7 Å². The molecule has 0 bridgehead atoms. The third-order valence-corrected chi connectivity index (χ3v) is 5.96. The van der Waals surface area contributed by atoms with E-state index in [1.807, 2.05) is 13.0 Å². The summed E-state index contributed by atoms with van der Waals surface area (Å²) in [5.74, 6) is 0. The average molecular weight is 288 g/mol. The van der Waals surface area contributed by atoms with Crippen LogP contribution in [0.4, 0.5) is 0 Å². The fourth-order valence-electron chi connectivity index (χ4n) is 5.16. The van der Waals surface area contributed by atoms with E-state index in [1.165, 1.54) is 18.4 Å². The van der Waals surface area contributed by atoms with Gasteiger partial charge in [-0.15, -0.1) is 0 Å². The molecule has 2 heterocycles. The zero-order valence-electron chi connectivity index (χ0n) is 12.6. The summed E-state index contributed by atoms with van der Waals surface area (Å²) in [7, 11) is 0. The molecule has 1 aromatic rings. The van der Waals surface area contributed by atoms with Crippen LogP contribution in [0, 0.1) is 5.41 Å². The standard InChI is InChI=1S/C18H24O3/c1-13(19)15-18-10-6-5-9-17(18,11-12-20-18)16(21-15)14-7-3-2-4-8-14/h2-4,7-8,13,15-16,19H,5-6,9-12H2,1H3/t13?,15-,16+,17-,18+/m0/s1. The van der Waals surface area contributed by atoms with Gasteiger partial charge in [-0.3, -0.25) is 0 Å². The van der Waals surface area contributed by atoms with E-state index in [-0.39, 0.29) is 23.2 Å². The normalized spacial score (nSPS) is 43.3. The van der Waals surface area contributed by atoms with Gasteiger partial charge in [0, 0.05) is 12.0 Å². The molecule has 3 heteroatoms. The van der Waals surface area contributed by atoms with Gasteiger partial charge in [-0.05, 0) is 31.7 Å². The quantitative estimate of drug-likeness (QED) is 0.908. The fraction of sp³-hybridized carbons (Fsp3) is 0.667. The van der Waals surface area contributed by atoms with Crippen molar-refractivity contribution >= 4 is 0 Å². The number of benzene rings is 1. The number of hydrogen-bond acceptors (Lipinski definition) is 3. The Bertz CT molecular complexity index is 514. The predicted octanol–water partition coefficient (Wildman–Crippen LogP) is 3.23. The van der Waals surface area contributed by atoms with Crippen LogP contribution in [-0.2, 0) is 9.47 Å². The van der Waals surface area contributed by atoms with Crippen molar-refractivity contribution in [3.63, 3.8) is 0 Å². The molecule has 21 heavy (non-hydrogen) atoms. The third kappa shape index (κ3) is 1.71. The lowest BCUT2D eigenvalue weighted by atomic mass is 9.58. The second kappa shape index (κ2) is 4.80. The molecule has 5 atom stereocenters. The van der Waals surface area contributed by atoms with E-state index in [0.29, 0.717) is 0 Å². The van der Waals surface area contributed by atoms with Crippen molar-refractivity contribution in [2.45, 2.75) is 62.9 Å². The summed E-state index contributed by atoms with van der Waals surface area (Å²) in [5.41, 5.74) is 1.01. The van der Waals surface area contributed by atoms with Crippen molar-refractivity contribution in [1.82, 2.24) is 0 Å². The molecule has 114 valence electrons. The van der Waals surface area contributed by atoms with Gasteiger partial charge in [0.1, 0.15) is 11.7 Å². The molecule has 1 unspecified atom stereocenters. The summed E-state index contributed by atoms with van der Waals surface area (Å²) in [5, 5.41) is 10.3. The van der Waals surface area contributed by atoms with Gasteiger partial charge in [0.15, 0.2) is 0 Å². The van der Waals surface area contributed by atoms with E-state index in [4.69, 9.17) is 9.47 Å². The molecule has 1 aromatic carbocycles. The van der Waals surface area contributed by atoms with E-state index in [9.17, 15) is 5.11 Å². The molecule has 3 aliphatic rings. The Hall–Kier alpha value is -0.900. The Morgan fingerprint density at radius 1 is 1.14 bits per heavy atom. The molecule has 0 spiro atoms. The van der Waals surface area contributed by atoms with Crippen LogP contribution in [0.15, 0.2) is 30.3 Å². The van der Waals surface area contributed by atoms with Gasteiger partial charge in [0.05, 0.1) is 12.2 Å². The van der Waals surface area contributed by atoms with Crippen LogP contribution in [-0.4, -0.2) is 29.5 Å². The Labute approximate surface area is 126 Å². The van der Waals surface area contributed by atoms with E-state index < -0.39 is 6.10 Å². The first-order chi connectivity index (χ1) is 10.2. The highest BCUT2D eigenvalue weighted by Gasteiger charge is 2.71. The summed E-state index contributed by atoms with van der Waals surface area (Å²) in [6.45, 7) is 2.64. The van der Waals surface area contributed by atoms with E-state index in [1.54, 1.807) is 0 Å². The van der Waals surface area contributed by atoms with Gasteiger partial charge in [0.25, 0.3) is 0 Å². The SMILES string of the molecule is CC(O)[C@@H]1O[C@H](c2ccccc2)[C@@]23CCCC[C@@]12OCC3. The number of ether oxygens (including phenoxy) is 2. The molecule has 0 amide bonds. The summed E-state index contributed by atoms with van der Waals surface area (Å²) in [4.78, 5) is 0. The molecule has 1 N–H and O–H groups in total. The lowest BCUT2D eigenvalue weighted by molar-refractivity contribution is -0.135. The van der Waals surface area contributed by atoms with Crippen molar-refractivity contribution in [2.24, 2.45) is 5.41 Å². The monoisotopic (exact) mass is 288 g/mol. The number of aliphatic hydroxyl groups is 1. The largest absolute Gasteiger partial charge is 0.391 e. The van der Waals surface area contributed by atoms with E-state index >= 15 is 0 Å². The van der Waals surface area contributed by atoms with Gasteiger partial charge < -0.3 is 14.6 Å². The number of aliphatic hydroxyl groups excluding tert-OH is 1. The summed E-state index contributed by atoms with van der Waals surface area (Å²) in [6.07, 6.45) is 5.00. The van der Waals surface area contributed by atoms with Crippen LogP contribution in [0.3, 0.4) is 0 Å². The van der Waals surface area contributed by atoms with Crippen LogP contribution in [0.1, 0.15) is 50.7 Å². The second-order valence-corrected chi connectivity index (χ2v) is 6.94. The van der Waals surface area contributed by atoms with Crippen molar-refractivity contribution in [2.75, 3.05) is 6.61 Å². The van der Waals surface area contributed by atoms with Gasteiger partial charge in [-0.1, -0.05) is 43.2 Å². The van der Waals surface area contributed by atoms with Crippen LogP contribution >= 0.6 is 0 Å². The van der Waals surface area contributed by atoms with Crippen molar-refractivity contribution in [3.8, 4) is 0 Å². The minimum Gasteiger partial charge on any atom is -0.391 e. The van der Waals surface area contributed by atoms with Crippen LogP contribution < -0.4 is 0 Å². The first kappa shape index (κ1) is 13.7. The van der Waals surface area contributed by atoms with E-state index in [2.05, 4.69) is 24.3 Å². The highest BCUT2D eigenvalue weighted by molar-refractivity contribution is 5.28. The van der Waals surface area contributed by atoms with E-state index in [0.717, 1.165) is 25.9 Å². The van der Waals surface area contributed by atoms with Gasteiger partial charge >= 0.3 is 0 Å².